The summed E-state index contributed by atoms with van der Waals surface area (Å²) in [6.45, 7) is 6.22. The zero-order valence-electron chi connectivity index (χ0n) is 16.2. The fourth-order valence-electron chi connectivity index (χ4n) is 3.95. The summed E-state index contributed by atoms with van der Waals surface area (Å²) in [6.07, 6.45) is 7.35. The smallest absolute Gasteiger partial charge is 0.240 e. The van der Waals surface area contributed by atoms with E-state index < -0.39 is 10.0 Å². The molecule has 1 aromatic carbocycles. The Balaban J connectivity index is 1.54. The van der Waals surface area contributed by atoms with Crippen molar-refractivity contribution in [3.8, 4) is 0 Å². The Kier molecular flexibility index (Phi) is 6.89. The van der Waals surface area contributed by atoms with Crippen LogP contribution in [0.2, 0.25) is 0 Å². The topological polar surface area (TPSA) is 69.7 Å². The van der Waals surface area contributed by atoms with Crippen LogP contribution in [0.3, 0.4) is 0 Å². The molecule has 2 saturated heterocycles. The SMILES string of the molecule is Cc1cc(S(=O)(=O)NCCCN2CCCCCC2)ccc1N1CCCC1=O. The third kappa shape index (κ3) is 5.30. The minimum absolute atomic E-state index is 0.111. The summed E-state index contributed by atoms with van der Waals surface area (Å²) in [4.78, 5) is 16.4. The fourth-order valence-corrected chi connectivity index (χ4v) is 5.11. The van der Waals surface area contributed by atoms with Crippen molar-refractivity contribution in [2.45, 2.75) is 56.8 Å². The highest BCUT2D eigenvalue weighted by molar-refractivity contribution is 7.89. The number of nitrogens with one attached hydrogen (secondary N) is 1. The lowest BCUT2D eigenvalue weighted by molar-refractivity contribution is -0.117. The molecule has 0 unspecified atom stereocenters. The Morgan fingerprint density at radius 2 is 1.78 bits per heavy atom. The monoisotopic (exact) mass is 393 g/mol. The molecule has 0 aliphatic carbocycles. The number of carbonyl (C=O) groups excluding carboxylic acids is 1. The number of sulfonamides is 1. The molecule has 1 N–H and O–H groups in total. The van der Waals surface area contributed by atoms with Gasteiger partial charge in [0, 0.05) is 25.2 Å². The molecule has 1 aromatic rings. The minimum Gasteiger partial charge on any atom is -0.312 e. The molecule has 7 heteroatoms. The van der Waals surface area contributed by atoms with Gasteiger partial charge in [0.15, 0.2) is 0 Å². The summed E-state index contributed by atoms with van der Waals surface area (Å²) in [5.74, 6) is 0.111. The van der Waals surface area contributed by atoms with E-state index in [9.17, 15) is 13.2 Å². The molecule has 3 rings (SSSR count). The molecule has 0 atom stereocenters. The van der Waals surface area contributed by atoms with Gasteiger partial charge in [0.05, 0.1) is 4.90 Å². The molecular weight excluding hydrogens is 362 g/mol. The van der Waals surface area contributed by atoms with Crippen molar-refractivity contribution >= 4 is 21.6 Å². The van der Waals surface area contributed by atoms with Gasteiger partial charge in [-0.2, -0.15) is 0 Å². The van der Waals surface area contributed by atoms with Crippen molar-refractivity contribution < 1.29 is 13.2 Å². The van der Waals surface area contributed by atoms with Crippen LogP contribution in [0.5, 0.6) is 0 Å². The van der Waals surface area contributed by atoms with Gasteiger partial charge in [0.1, 0.15) is 0 Å². The van der Waals surface area contributed by atoms with Gasteiger partial charge in [-0.1, -0.05) is 12.8 Å². The molecule has 0 spiro atoms. The molecule has 2 heterocycles. The minimum atomic E-state index is -3.52. The lowest BCUT2D eigenvalue weighted by Crippen LogP contribution is -2.31. The molecule has 0 bridgehead atoms. The highest BCUT2D eigenvalue weighted by Crippen LogP contribution is 2.27. The summed E-state index contributed by atoms with van der Waals surface area (Å²) < 4.78 is 27.9. The van der Waals surface area contributed by atoms with Crippen LogP contribution in [0.1, 0.15) is 50.5 Å². The summed E-state index contributed by atoms with van der Waals surface area (Å²) in [5.41, 5.74) is 1.63. The number of likely N-dealkylation sites (tertiary alicyclic amines) is 1. The van der Waals surface area contributed by atoms with E-state index in [1.54, 1.807) is 23.1 Å². The third-order valence-electron chi connectivity index (χ3n) is 5.48. The standard InChI is InChI=1S/C20H31N3O3S/c1-17-16-18(9-10-19(17)23-15-6-8-20(23)24)27(25,26)21-11-7-14-22-12-4-2-3-5-13-22/h9-10,16,21H,2-8,11-15H2,1H3. The van der Waals surface area contributed by atoms with Crippen molar-refractivity contribution in [2.75, 3.05) is 37.6 Å². The number of nitrogens with zero attached hydrogens (tertiary/aromatic N) is 2. The molecule has 0 aromatic heterocycles. The van der Waals surface area contributed by atoms with Gasteiger partial charge in [-0.05, 0) is 76.0 Å². The van der Waals surface area contributed by atoms with Crippen LogP contribution < -0.4 is 9.62 Å². The van der Waals surface area contributed by atoms with Crippen LogP contribution >= 0.6 is 0 Å². The first-order valence-electron chi connectivity index (χ1n) is 10.1. The van der Waals surface area contributed by atoms with Crippen molar-refractivity contribution in [3.05, 3.63) is 23.8 Å². The van der Waals surface area contributed by atoms with Gasteiger partial charge in [0.25, 0.3) is 0 Å². The van der Waals surface area contributed by atoms with Crippen molar-refractivity contribution in [1.82, 2.24) is 9.62 Å². The van der Waals surface area contributed by atoms with Gasteiger partial charge >= 0.3 is 0 Å². The van der Waals surface area contributed by atoms with Crippen LogP contribution in [0, 0.1) is 6.92 Å². The van der Waals surface area contributed by atoms with Gasteiger partial charge in [-0.15, -0.1) is 0 Å². The summed E-state index contributed by atoms with van der Waals surface area (Å²) in [5, 5.41) is 0. The molecule has 6 nitrogen and oxygen atoms in total. The van der Waals surface area contributed by atoms with Gasteiger partial charge in [0.2, 0.25) is 15.9 Å². The van der Waals surface area contributed by atoms with Gasteiger partial charge < -0.3 is 9.80 Å². The van der Waals surface area contributed by atoms with Crippen molar-refractivity contribution in [2.24, 2.45) is 0 Å². The number of anilines is 1. The molecule has 27 heavy (non-hydrogen) atoms. The number of aryl methyl sites for hydroxylation is 1. The second-order valence-electron chi connectivity index (χ2n) is 7.60. The lowest BCUT2D eigenvalue weighted by atomic mass is 10.2. The van der Waals surface area contributed by atoms with Crippen LogP contribution in [-0.4, -0.2) is 51.9 Å². The number of carbonyl (C=O) groups is 1. The molecule has 1 amide bonds. The van der Waals surface area contributed by atoms with Crippen LogP contribution in [0.25, 0.3) is 0 Å². The Morgan fingerprint density at radius 1 is 1.04 bits per heavy atom. The average molecular weight is 394 g/mol. The van der Waals surface area contributed by atoms with E-state index in [1.807, 2.05) is 6.92 Å². The highest BCUT2D eigenvalue weighted by Gasteiger charge is 2.24. The molecule has 150 valence electrons. The second kappa shape index (κ2) is 9.17. The molecule has 2 fully saturated rings. The first kappa shape index (κ1) is 20.3. The maximum Gasteiger partial charge on any atom is 0.240 e. The van der Waals surface area contributed by atoms with Crippen LogP contribution in [-0.2, 0) is 14.8 Å². The summed E-state index contributed by atoms with van der Waals surface area (Å²) in [7, 11) is -3.52. The molecule has 0 saturated carbocycles. The van der Waals surface area contributed by atoms with E-state index in [1.165, 1.54) is 25.7 Å². The zero-order valence-corrected chi connectivity index (χ0v) is 17.1. The Bertz CT molecular complexity index is 756. The van der Waals surface area contributed by atoms with E-state index in [-0.39, 0.29) is 10.8 Å². The molecule has 2 aliphatic heterocycles. The fraction of sp³-hybridized carbons (Fsp3) is 0.650. The predicted molar refractivity (Wildman–Crippen MR) is 107 cm³/mol. The number of benzene rings is 1. The summed E-state index contributed by atoms with van der Waals surface area (Å²) in [6, 6.07) is 5.02. The first-order valence-corrected chi connectivity index (χ1v) is 11.6. The number of amides is 1. The molecule has 2 aliphatic rings. The van der Waals surface area contributed by atoms with E-state index in [0.29, 0.717) is 19.5 Å². The maximum atomic E-state index is 12.6. The van der Waals surface area contributed by atoms with Crippen LogP contribution in [0.15, 0.2) is 23.1 Å². The van der Waals surface area contributed by atoms with Gasteiger partial charge in [-0.3, -0.25) is 4.79 Å². The number of hydrogen-bond donors (Lipinski definition) is 1. The molecular formula is C20H31N3O3S. The Morgan fingerprint density at radius 3 is 2.41 bits per heavy atom. The van der Waals surface area contributed by atoms with E-state index in [0.717, 1.165) is 43.7 Å². The van der Waals surface area contributed by atoms with Crippen molar-refractivity contribution in [1.29, 1.82) is 0 Å². The summed E-state index contributed by atoms with van der Waals surface area (Å²) >= 11 is 0. The average Bonchev–Trinajstić information content (AvgIpc) is 2.90. The Labute approximate surface area is 163 Å². The number of hydrogen-bond acceptors (Lipinski definition) is 4. The van der Waals surface area contributed by atoms with Crippen molar-refractivity contribution in [3.63, 3.8) is 0 Å². The van der Waals surface area contributed by atoms with Gasteiger partial charge in [-0.25, -0.2) is 13.1 Å². The quantitative estimate of drug-likeness (QED) is 0.723. The normalized spacial score (nSPS) is 19.4. The Hall–Kier alpha value is -1.44. The highest BCUT2D eigenvalue weighted by atomic mass is 32.2. The van der Waals surface area contributed by atoms with E-state index in [2.05, 4.69) is 9.62 Å². The molecule has 0 radical (unpaired) electrons. The van der Waals surface area contributed by atoms with Crippen LogP contribution in [0.4, 0.5) is 5.69 Å². The lowest BCUT2D eigenvalue weighted by Gasteiger charge is -2.20. The number of rotatable bonds is 7. The first-order chi connectivity index (χ1) is 13.0. The largest absolute Gasteiger partial charge is 0.312 e. The van der Waals surface area contributed by atoms with E-state index >= 15 is 0 Å². The second-order valence-corrected chi connectivity index (χ2v) is 9.37. The zero-order chi connectivity index (χ0) is 19.3. The third-order valence-corrected chi connectivity index (χ3v) is 6.94. The maximum absolute atomic E-state index is 12.6. The van der Waals surface area contributed by atoms with E-state index in [4.69, 9.17) is 0 Å². The predicted octanol–water partition coefficient (Wildman–Crippen LogP) is 2.67.